The van der Waals surface area contributed by atoms with E-state index in [1.165, 1.54) is 0 Å². The van der Waals surface area contributed by atoms with Crippen LogP contribution in [0.2, 0.25) is 0 Å². The first kappa shape index (κ1) is 27.4. The van der Waals surface area contributed by atoms with Crippen molar-refractivity contribution >= 4 is 11.7 Å². The molecule has 1 saturated carbocycles. The van der Waals surface area contributed by atoms with E-state index in [-0.39, 0.29) is 18.3 Å². The zero-order valence-corrected chi connectivity index (χ0v) is 24.3. The number of hydrogen-bond acceptors (Lipinski definition) is 7. The van der Waals surface area contributed by atoms with Crippen molar-refractivity contribution in [2.24, 2.45) is 7.05 Å². The van der Waals surface area contributed by atoms with E-state index in [9.17, 15) is 10.1 Å². The molecule has 10 heteroatoms. The van der Waals surface area contributed by atoms with Crippen molar-refractivity contribution < 1.29 is 13.9 Å². The number of nitriles is 1. The number of halogens is 1. The lowest BCUT2D eigenvalue weighted by molar-refractivity contribution is 0.0995. The SMILES string of the molecule is COCC1CCCN1Cc1cc(F)c2c(c1)C(=O)N(c1cc(-c3ccc(C#N)cc3-c3nncn3C)cc(C3CC3)n1)C2. The van der Waals surface area contributed by atoms with Crippen LogP contribution in [0.3, 0.4) is 0 Å². The molecule has 3 aliphatic rings. The van der Waals surface area contributed by atoms with Crippen LogP contribution in [0.15, 0.2) is 48.8 Å². The second-order valence-corrected chi connectivity index (χ2v) is 11.8. The second-order valence-electron chi connectivity index (χ2n) is 11.8. The summed E-state index contributed by atoms with van der Waals surface area (Å²) < 4.78 is 22.7. The number of carbonyl (C=O) groups excluding carboxylic acids is 1. The van der Waals surface area contributed by atoms with Crippen LogP contribution in [0.4, 0.5) is 10.2 Å². The zero-order chi connectivity index (χ0) is 29.7. The molecule has 4 aromatic rings. The van der Waals surface area contributed by atoms with E-state index < -0.39 is 0 Å². The lowest BCUT2D eigenvalue weighted by Gasteiger charge is -2.24. The molecule has 0 N–H and O–H groups in total. The fraction of sp³-hybridized carbons (Fsp3) is 0.364. The summed E-state index contributed by atoms with van der Waals surface area (Å²) in [4.78, 5) is 22.7. The fourth-order valence-corrected chi connectivity index (χ4v) is 6.41. The Balaban J connectivity index is 1.25. The average Bonchev–Trinajstić information content (AvgIpc) is 3.50. The molecule has 0 bridgehead atoms. The van der Waals surface area contributed by atoms with Gasteiger partial charge in [-0.05, 0) is 85.3 Å². The summed E-state index contributed by atoms with van der Waals surface area (Å²) in [7, 11) is 3.56. The van der Waals surface area contributed by atoms with Crippen LogP contribution in [0.25, 0.3) is 22.5 Å². The first-order chi connectivity index (χ1) is 20.9. The summed E-state index contributed by atoms with van der Waals surface area (Å²) in [5.41, 5.74) is 5.49. The van der Waals surface area contributed by atoms with E-state index >= 15 is 4.39 Å². The van der Waals surface area contributed by atoms with Crippen LogP contribution >= 0.6 is 0 Å². The molecule has 1 atom stereocenters. The smallest absolute Gasteiger partial charge is 0.260 e. The summed E-state index contributed by atoms with van der Waals surface area (Å²) in [5, 5.41) is 17.9. The highest BCUT2D eigenvalue weighted by Crippen LogP contribution is 2.43. The molecular formula is C33H32FN7O2. The molecule has 2 aromatic carbocycles. The molecule has 1 unspecified atom stereocenters. The lowest BCUT2D eigenvalue weighted by atomic mass is 9.96. The molecule has 1 aliphatic carbocycles. The van der Waals surface area contributed by atoms with Gasteiger partial charge in [-0.2, -0.15) is 5.26 Å². The Kier molecular flexibility index (Phi) is 7.00. The molecule has 4 heterocycles. The summed E-state index contributed by atoms with van der Waals surface area (Å²) >= 11 is 0. The van der Waals surface area contributed by atoms with Crippen LogP contribution in [0.5, 0.6) is 0 Å². The highest BCUT2D eigenvalue weighted by Gasteiger charge is 2.35. The summed E-state index contributed by atoms with van der Waals surface area (Å²) in [6.45, 7) is 2.27. The maximum Gasteiger partial charge on any atom is 0.260 e. The minimum atomic E-state index is -0.360. The highest BCUT2D eigenvalue weighted by molar-refractivity contribution is 6.10. The molecule has 2 fully saturated rings. The molecule has 7 rings (SSSR count). The summed E-state index contributed by atoms with van der Waals surface area (Å²) in [6.07, 6.45) is 5.82. The van der Waals surface area contributed by atoms with Gasteiger partial charge in [0.05, 0.1) is 24.8 Å². The molecule has 1 saturated heterocycles. The van der Waals surface area contributed by atoms with E-state index in [1.54, 1.807) is 30.5 Å². The van der Waals surface area contributed by atoms with Gasteiger partial charge in [-0.15, -0.1) is 10.2 Å². The number of rotatable bonds is 8. The van der Waals surface area contributed by atoms with Gasteiger partial charge in [0, 0.05) is 55.0 Å². The molecule has 9 nitrogen and oxygen atoms in total. The van der Waals surface area contributed by atoms with Crippen LogP contribution in [0, 0.1) is 17.1 Å². The van der Waals surface area contributed by atoms with Gasteiger partial charge < -0.3 is 9.30 Å². The number of nitrogens with zero attached hydrogens (tertiary/aromatic N) is 7. The van der Waals surface area contributed by atoms with Crippen molar-refractivity contribution in [3.63, 3.8) is 0 Å². The predicted molar refractivity (Wildman–Crippen MR) is 159 cm³/mol. The third-order valence-corrected chi connectivity index (χ3v) is 8.81. The van der Waals surface area contributed by atoms with Gasteiger partial charge in [-0.25, -0.2) is 9.37 Å². The van der Waals surface area contributed by atoms with E-state index in [2.05, 4.69) is 27.2 Å². The maximum absolute atomic E-state index is 15.5. The first-order valence-electron chi connectivity index (χ1n) is 14.7. The largest absolute Gasteiger partial charge is 0.383 e. The van der Waals surface area contributed by atoms with Crippen LogP contribution < -0.4 is 4.90 Å². The number of methoxy groups -OCH3 is 1. The number of ether oxygens (including phenoxy) is 1. The van der Waals surface area contributed by atoms with Crippen LogP contribution in [-0.4, -0.2) is 56.9 Å². The molecule has 2 aromatic heterocycles. The Bertz CT molecular complexity index is 1770. The standard InChI is InChI=1S/C33H32FN7O2/c1-39-19-36-38-32(39)26-10-20(15-35)5-8-25(26)23-13-30(22-6-7-22)37-31(14-23)41-17-28-27(33(41)42)11-21(12-29(28)34)16-40-9-3-4-24(40)18-43-2/h5,8,10-14,19,22,24H,3-4,6-7,9,16-18H2,1-2H3. The molecular weight excluding hydrogens is 545 g/mol. The monoisotopic (exact) mass is 577 g/mol. The van der Waals surface area contributed by atoms with Gasteiger partial charge in [-0.3, -0.25) is 14.6 Å². The molecule has 1 amide bonds. The minimum Gasteiger partial charge on any atom is -0.383 e. The Morgan fingerprint density at radius 1 is 1.09 bits per heavy atom. The van der Waals surface area contributed by atoms with Crippen molar-refractivity contribution in [2.75, 3.05) is 25.2 Å². The van der Waals surface area contributed by atoms with E-state index in [4.69, 9.17) is 9.72 Å². The lowest BCUT2D eigenvalue weighted by Crippen LogP contribution is -2.32. The Hall–Kier alpha value is -4.46. The third-order valence-electron chi connectivity index (χ3n) is 8.81. The Labute approximate surface area is 249 Å². The Morgan fingerprint density at radius 2 is 1.95 bits per heavy atom. The highest BCUT2D eigenvalue weighted by atomic mass is 19.1. The van der Waals surface area contributed by atoms with Gasteiger partial charge >= 0.3 is 0 Å². The van der Waals surface area contributed by atoms with Gasteiger partial charge in [0.25, 0.3) is 5.91 Å². The number of aromatic nitrogens is 4. The first-order valence-corrected chi connectivity index (χ1v) is 14.7. The summed E-state index contributed by atoms with van der Waals surface area (Å²) in [5.74, 6) is 0.837. The number of pyridine rings is 1. The second kappa shape index (κ2) is 11.0. The molecule has 43 heavy (non-hydrogen) atoms. The van der Waals surface area contributed by atoms with E-state index in [0.29, 0.717) is 53.4 Å². The quantitative estimate of drug-likeness (QED) is 0.284. The van der Waals surface area contributed by atoms with Crippen molar-refractivity contribution in [3.8, 4) is 28.6 Å². The molecule has 0 spiro atoms. The van der Waals surface area contributed by atoms with Gasteiger partial charge in [-0.1, -0.05) is 6.07 Å². The molecule has 2 aliphatic heterocycles. The zero-order valence-electron chi connectivity index (χ0n) is 24.3. The van der Waals surface area contributed by atoms with Gasteiger partial charge in [0.1, 0.15) is 18.0 Å². The number of benzene rings is 2. The van der Waals surface area contributed by atoms with E-state index in [0.717, 1.165) is 60.2 Å². The normalized spacial score (nSPS) is 18.3. The van der Waals surface area contributed by atoms with Crippen molar-refractivity contribution in [2.45, 2.75) is 50.7 Å². The van der Waals surface area contributed by atoms with Gasteiger partial charge in [0.15, 0.2) is 5.82 Å². The van der Waals surface area contributed by atoms with Crippen molar-refractivity contribution in [1.29, 1.82) is 5.26 Å². The summed E-state index contributed by atoms with van der Waals surface area (Å²) in [6, 6.07) is 15.4. The van der Waals surface area contributed by atoms with Gasteiger partial charge in [0.2, 0.25) is 0 Å². The minimum absolute atomic E-state index is 0.125. The average molecular weight is 578 g/mol. The number of amides is 1. The Morgan fingerprint density at radius 3 is 2.70 bits per heavy atom. The number of aryl methyl sites for hydroxylation is 1. The predicted octanol–water partition coefficient (Wildman–Crippen LogP) is 5.20. The van der Waals surface area contributed by atoms with Crippen LogP contribution in [0.1, 0.15) is 64.3 Å². The van der Waals surface area contributed by atoms with Crippen molar-refractivity contribution in [1.82, 2.24) is 24.6 Å². The van der Waals surface area contributed by atoms with E-state index in [1.807, 2.05) is 35.9 Å². The van der Waals surface area contributed by atoms with Crippen molar-refractivity contribution in [3.05, 3.63) is 82.6 Å². The number of carbonyl (C=O) groups is 1. The fourth-order valence-electron chi connectivity index (χ4n) is 6.41. The number of anilines is 1. The molecule has 0 radical (unpaired) electrons. The topological polar surface area (TPSA) is 100 Å². The number of likely N-dealkylation sites (tertiary alicyclic amines) is 1. The molecule has 218 valence electrons. The number of hydrogen-bond donors (Lipinski definition) is 0. The maximum atomic E-state index is 15.5. The number of fused-ring (bicyclic) bond motifs is 1. The third kappa shape index (κ3) is 5.09. The van der Waals surface area contributed by atoms with Crippen LogP contribution in [-0.2, 0) is 24.9 Å².